The van der Waals surface area contributed by atoms with Crippen LogP contribution in [0.4, 0.5) is 0 Å². The SMILES string of the molecule is O=c1[nH]c(Cl)c(-c2ccc(Br)cc2)c(=O)n1CC1CCC1. The summed E-state index contributed by atoms with van der Waals surface area (Å²) in [4.78, 5) is 27.2. The Hall–Kier alpha value is -1.33. The topological polar surface area (TPSA) is 54.9 Å². The summed E-state index contributed by atoms with van der Waals surface area (Å²) in [5.74, 6) is 0.419. The van der Waals surface area contributed by atoms with Crippen LogP contribution in [0, 0.1) is 5.92 Å². The molecule has 1 heterocycles. The number of H-pyrrole nitrogens is 1. The molecule has 0 atom stereocenters. The Bertz CT molecular complexity index is 776. The van der Waals surface area contributed by atoms with Gasteiger partial charge < -0.3 is 0 Å². The summed E-state index contributed by atoms with van der Waals surface area (Å²) in [7, 11) is 0. The highest BCUT2D eigenvalue weighted by molar-refractivity contribution is 9.10. The number of aromatic nitrogens is 2. The maximum atomic E-state index is 12.6. The fourth-order valence-corrected chi connectivity index (χ4v) is 3.05. The molecule has 0 spiro atoms. The quantitative estimate of drug-likeness (QED) is 0.843. The minimum atomic E-state index is -0.433. The van der Waals surface area contributed by atoms with E-state index in [1.807, 2.05) is 12.1 Å². The van der Waals surface area contributed by atoms with Crippen LogP contribution in [0.15, 0.2) is 38.3 Å². The Balaban J connectivity index is 2.11. The fraction of sp³-hybridized carbons (Fsp3) is 0.333. The van der Waals surface area contributed by atoms with Gasteiger partial charge in [-0.25, -0.2) is 4.79 Å². The molecule has 0 bridgehead atoms. The van der Waals surface area contributed by atoms with Gasteiger partial charge in [-0.05, 0) is 36.5 Å². The second-order valence-corrected chi connectivity index (χ2v) is 6.63. The Kier molecular flexibility index (Phi) is 4.04. The van der Waals surface area contributed by atoms with Crippen LogP contribution in [-0.2, 0) is 6.54 Å². The number of nitrogens with zero attached hydrogens (tertiary/aromatic N) is 1. The molecule has 2 aromatic rings. The van der Waals surface area contributed by atoms with Gasteiger partial charge in [0.25, 0.3) is 5.56 Å². The van der Waals surface area contributed by atoms with E-state index < -0.39 is 5.69 Å². The average molecular weight is 370 g/mol. The number of aromatic amines is 1. The molecule has 1 aliphatic rings. The van der Waals surface area contributed by atoms with Crippen LogP contribution in [0.3, 0.4) is 0 Å². The summed E-state index contributed by atoms with van der Waals surface area (Å²) in [6.07, 6.45) is 3.31. The first-order valence-corrected chi connectivity index (χ1v) is 8.02. The second kappa shape index (κ2) is 5.81. The van der Waals surface area contributed by atoms with Gasteiger partial charge in [-0.3, -0.25) is 14.3 Å². The van der Waals surface area contributed by atoms with E-state index in [0.29, 0.717) is 23.6 Å². The largest absolute Gasteiger partial charge is 0.329 e. The van der Waals surface area contributed by atoms with Crippen LogP contribution in [0.1, 0.15) is 19.3 Å². The molecule has 110 valence electrons. The van der Waals surface area contributed by atoms with Crippen LogP contribution in [0.25, 0.3) is 11.1 Å². The number of halogens is 2. The first-order chi connectivity index (χ1) is 10.1. The smallest absolute Gasteiger partial charge is 0.297 e. The number of benzene rings is 1. The van der Waals surface area contributed by atoms with Crippen molar-refractivity contribution in [1.82, 2.24) is 9.55 Å². The summed E-state index contributed by atoms with van der Waals surface area (Å²) >= 11 is 9.44. The van der Waals surface area contributed by atoms with Crippen molar-refractivity contribution < 1.29 is 0 Å². The summed E-state index contributed by atoms with van der Waals surface area (Å²) in [6, 6.07) is 7.29. The number of hydrogen-bond donors (Lipinski definition) is 1. The number of rotatable bonds is 3. The van der Waals surface area contributed by atoms with Crippen molar-refractivity contribution in [3.63, 3.8) is 0 Å². The lowest BCUT2D eigenvalue weighted by Gasteiger charge is -2.25. The van der Waals surface area contributed by atoms with Crippen LogP contribution in [-0.4, -0.2) is 9.55 Å². The molecule has 1 saturated carbocycles. The molecule has 6 heteroatoms. The minimum Gasteiger partial charge on any atom is -0.297 e. The highest BCUT2D eigenvalue weighted by atomic mass is 79.9. The Morgan fingerprint density at radius 3 is 2.48 bits per heavy atom. The molecule has 0 unspecified atom stereocenters. The number of nitrogens with one attached hydrogen (secondary N) is 1. The third-order valence-corrected chi connectivity index (χ3v) is 4.75. The third kappa shape index (κ3) is 2.85. The molecule has 21 heavy (non-hydrogen) atoms. The second-order valence-electron chi connectivity index (χ2n) is 5.34. The normalized spacial score (nSPS) is 15.0. The zero-order chi connectivity index (χ0) is 15.0. The lowest BCUT2D eigenvalue weighted by Crippen LogP contribution is -2.39. The van der Waals surface area contributed by atoms with Crippen LogP contribution in [0.2, 0.25) is 5.15 Å². The monoisotopic (exact) mass is 368 g/mol. The van der Waals surface area contributed by atoms with Gasteiger partial charge in [0.1, 0.15) is 5.15 Å². The maximum Gasteiger partial charge on any atom is 0.329 e. The Labute approximate surface area is 134 Å². The lowest BCUT2D eigenvalue weighted by molar-refractivity contribution is 0.270. The van der Waals surface area contributed by atoms with Gasteiger partial charge in [0.2, 0.25) is 0 Å². The third-order valence-electron chi connectivity index (χ3n) is 3.94. The summed E-state index contributed by atoms with van der Waals surface area (Å²) in [5.41, 5.74) is 0.297. The standard InChI is InChI=1S/C15H14BrClN2O2/c16-11-6-4-10(5-7-11)12-13(17)18-15(21)19(14(12)20)8-9-2-1-3-9/h4-7,9H,1-3,8H2,(H,18,21). The minimum absolute atomic E-state index is 0.0946. The van der Waals surface area contributed by atoms with E-state index in [1.54, 1.807) is 12.1 Å². The average Bonchev–Trinajstić information content (AvgIpc) is 2.38. The molecular weight excluding hydrogens is 356 g/mol. The van der Waals surface area contributed by atoms with Crippen molar-refractivity contribution in [3.05, 3.63) is 54.7 Å². The molecule has 0 amide bonds. The van der Waals surface area contributed by atoms with Gasteiger partial charge in [-0.15, -0.1) is 0 Å². The molecule has 0 aliphatic heterocycles. The van der Waals surface area contributed by atoms with E-state index in [0.717, 1.165) is 17.3 Å². The van der Waals surface area contributed by atoms with Crippen LogP contribution < -0.4 is 11.2 Å². The van der Waals surface area contributed by atoms with Gasteiger partial charge in [0, 0.05) is 11.0 Å². The highest BCUT2D eigenvalue weighted by Gasteiger charge is 2.21. The molecule has 1 aromatic carbocycles. The van der Waals surface area contributed by atoms with Gasteiger partial charge >= 0.3 is 5.69 Å². The van der Waals surface area contributed by atoms with Gasteiger partial charge in [-0.2, -0.15) is 0 Å². The van der Waals surface area contributed by atoms with Crippen LogP contribution >= 0.6 is 27.5 Å². The molecule has 1 aromatic heterocycles. The predicted molar refractivity (Wildman–Crippen MR) is 86.8 cm³/mol. The lowest BCUT2D eigenvalue weighted by atomic mass is 9.85. The van der Waals surface area contributed by atoms with Crippen molar-refractivity contribution in [2.75, 3.05) is 0 Å². The maximum absolute atomic E-state index is 12.6. The first-order valence-electron chi connectivity index (χ1n) is 6.85. The van der Waals surface area contributed by atoms with Gasteiger partial charge in [0.05, 0.1) is 5.56 Å². The summed E-state index contributed by atoms with van der Waals surface area (Å²) in [6.45, 7) is 0.467. The van der Waals surface area contributed by atoms with Crippen LogP contribution in [0.5, 0.6) is 0 Å². The highest BCUT2D eigenvalue weighted by Crippen LogP contribution is 2.28. The van der Waals surface area contributed by atoms with E-state index in [1.165, 1.54) is 11.0 Å². The predicted octanol–water partition coefficient (Wildman–Crippen LogP) is 3.42. The number of hydrogen-bond acceptors (Lipinski definition) is 2. The molecule has 1 aliphatic carbocycles. The van der Waals surface area contributed by atoms with Crippen molar-refractivity contribution in [2.24, 2.45) is 5.92 Å². The van der Waals surface area contributed by atoms with Crippen molar-refractivity contribution >= 4 is 27.5 Å². The summed E-state index contributed by atoms with van der Waals surface area (Å²) in [5, 5.41) is 0.0946. The van der Waals surface area contributed by atoms with Gasteiger partial charge in [-0.1, -0.05) is 46.1 Å². The Morgan fingerprint density at radius 2 is 1.90 bits per heavy atom. The van der Waals surface area contributed by atoms with E-state index in [2.05, 4.69) is 20.9 Å². The molecule has 1 N–H and O–H groups in total. The first kappa shape index (κ1) is 14.6. The van der Waals surface area contributed by atoms with Crippen molar-refractivity contribution in [3.8, 4) is 11.1 Å². The van der Waals surface area contributed by atoms with E-state index in [-0.39, 0.29) is 10.7 Å². The molecular formula is C15H14BrClN2O2. The molecule has 3 rings (SSSR count). The summed E-state index contributed by atoms with van der Waals surface area (Å²) < 4.78 is 2.19. The zero-order valence-electron chi connectivity index (χ0n) is 11.2. The van der Waals surface area contributed by atoms with E-state index in [4.69, 9.17) is 11.6 Å². The van der Waals surface area contributed by atoms with Crippen molar-refractivity contribution in [2.45, 2.75) is 25.8 Å². The molecule has 0 radical (unpaired) electrons. The van der Waals surface area contributed by atoms with Gasteiger partial charge in [0.15, 0.2) is 0 Å². The molecule has 1 fully saturated rings. The molecule has 4 nitrogen and oxygen atoms in total. The zero-order valence-corrected chi connectivity index (χ0v) is 13.6. The van der Waals surface area contributed by atoms with Crippen molar-refractivity contribution in [1.29, 1.82) is 0 Å². The van der Waals surface area contributed by atoms with E-state index in [9.17, 15) is 9.59 Å². The Morgan fingerprint density at radius 1 is 1.24 bits per heavy atom. The molecule has 0 saturated heterocycles. The fourth-order valence-electron chi connectivity index (χ4n) is 2.51. The van der Waals surface area contributed by atoms with E-state index >= 15 is 0 Å².